The molecule has 0 aliphatic carbocycles. The van der Waals surface area contributed by atoms with E-state index in [2.05, 4.69) is 5.32 Å². The Kier molecular flexibility index (Phi) is 3.66. The molecule has 5 heteroatoms. The molecule has 2 rings (SSSR count). The van der Waals surface area contributed by atoms with Crippen molar-refractivity contribution in [3.63, 3.8) is 0 Å². The monoisotopic (exact) mass is 265 g/mol. The van der Waals surface area contributed by atoms with E-state index in [1.807, 2.05) is 13.8 Å². The number of hydrogen-bond acceptors (Lipinski definition) is 4. The van der Waals surface area contributed by atoms with Gasteiger partial charge in [-0.2, -0.15) is 0 Å². The van der Waals surface area contributed by atoms with Crippen LogP contribution in [-0.2, 0) is 4.74 Å². The topological polar surface area (TPSA) is 78.8 Å². The fourth-order valence-electron chi connectivity index (χ4n) is 2.33. The van der Waals surface area contributed by atoms with Crippen LogP contribution in [0.15, 0.2) is 18.2 Å². The zero-order valence-corrected chi connectivity index (χ0v) is 11.1. The highest BCUT2D eigenvalue weighted by atomic mass is 16.5. The van der Waals surface area contributed by atoms with E-state index in [0.29, 0.717) is 6.61 Å². The van der Waals surface area contributed by atoms with Crippen LogP contribution in [0.1, 0.15) is 37.0 Å². The summed E-state index contributed by atoms with van der Waals surface area (Å²) in [5.41, 5.74) is -0.0743. The number of ether oxygens (including phenoxy) is 1. The van der Waals surface area contributed by atoms with Crippen molar-refractivity contribution in [3.8, 4) is 11.5 Å². The van der Waals surface area contributed by atoms with E-state index in [0.717, 1.165) is 18.9 Å². The van der Waals surface area contributed by atoms with Crippen LogP contribution in [-0.4, -0.2) is 34.4 Å². The first kappa shape index (κ1) is 13.7. The number of amides is 1. The highest BCUT2D eigenvalue weighted by Crippen LogP contribution is 2.26. The molecule has 1 aliphatic rings. The van der Waals surface area contributed by atoms with Crippen molar-refractivity contribution >= 4 is 5.91 Å². The maximum atomic E-state index is 12.1. The molecular weight excluding hydrogens is 246 g/mol. The number of carbonyl (C=O) groups is 1. The van der Waals surface area contributed by atoms with Gasteiger partial charge >= 0.3 is 0 Å². The van der Waals surface area contributed by atoms with Crippen LogP contribution in [0, 0.1) is 0 Å². The predicted octanol–water partition coefficient (Wildman–Crippen LogP) is 1.79. The van der Waals surface area contributed by atoms with Gasteiger partial charge in [0.2, 0.25) is 0 Å². The van der Waals surface area contributed by atoms with E-state index in [1.165, 1.54) is 12.1 Å². The van der Waals surface area contributed by atoms with Gasteiger partial charge in [-0.1, -0.05) is 0 Å². The first-order valence-electron chi connectivity index (χ1n) is 6.34. The number of aromatic hydroxyl groups is 2. The average Bonchev–Trinajstić information content (AvgIpc) is 2.27. The van der Waals surface area contributed by atoms with Crippen molar-refractivity contribution in [2.45, 2.75) is 38.3 Å². The van der Waals surface area contributed by atoms with E-state index in [-0.39, 0.29) is 34.6 Å². The highest BCUT2D eigenvalue weighted by molar-refractivity contribution is 5.97. The lowest BCUT2D eigenvalue weighted by Gasteiger charge is -2.35. The van der Waals surface area contributed by atoms with Crippen LogP contribution in [0.3, 0.4) is 0 Å². The van der Waals surface area contributed by atoms with Gasteiger partial charge in [0.25, 0.3) is 5.91 Å². The standard InChI is InChI=1S/C14H19NO4/c1-14(2)8-9(5-6-19-14)15-13(18)11-4-3-10(16)7-12(11)17/h3-4,7,9,16-17H,5-6,8H2,1-2H3,(H,15,18). The maximum absolute atomic E-state index is 12.1. The van der Waals surface area contributed by atoms with Crippen molar-refractivity contribution in [2.75, 3.05) is 6.61 Å². The van der Waals surface area contributed by atoms with Gasteiger partial charge in [0.15, 0.2) is 0 Å². The molecular formula is C14H19NO4. The Morgan fingerprint density at radius 1 is 1.42 bits per heavy atom. The van der Waals surface area contributed by atoms with Crippen LogP contribution < -0.4 is 5.32 Å². The molecule has 0 saturated carbocycles. The Balaban J connectivity index is 2.04. The van der Waals surface area contributed by atoms with Gasteiger partial charge in [-0.15, -0.1) is 0 Å². The Bertz CT molecular complexity index is 484. The summed E-state index contributed by atoms with van der Waals surface area (Å²) in [6, 6.07) is 3.97. The third-order valence-corrected chi connectivity index (χ3v) is 3.26. The highest BCUT2D eigenvalue weighted by Gasteiger charge is 2.30. The quantitative estimate of drug-likeness (QED) is 0.761. The lowest BCUT2D eigenvalue weighted by molar-refractivity contribution is -0.0615. The van der Waals surface area contributed by atoms with Crippen LogP contribution in [0.4, 0.5) is 0 Å². The minimum atomic E-state index is -0.333. The molecule has 1 aromatic carbocycles. The van der Waals surface area contributed by atoms with E-state index in [9.17, 15) is 15.0 Å². The minimum absolute atomic E-state index is 0.0319. The van der Waals surface area contributed by atoms with Crippen LogP contribution in [0.2, 0.25) is 0 Å². The van der Waals surface area contributed by atoms with E-state index >= 15 is 0 Å². The van der Waals surface area contributed by atoms with Crippen LogP contribution in [0.5, 0.6) is 11.5 Å². The third-order valence-electron chi connectivity index (χ3n) is 3.26. The minimum Gasteiger partial charge on any atom is -0.508 e. The van der Waals surface area contributed by atoms with Gasteiger partial charge in [-0.25, -0.2) is 0 Å². The summed E-state index contributed by atoms with van der Waals surface area (Å²) >= 11 is 0. The lowest BCUT2D eigenvalue weighted by Crippen LogP contribution is -2.45. The maximum Gasteiger partial charge on any atom is 0.255 e. The molecule has 0 aromatic heterocycles. The van der Waals surface area contributed by atoms with Crippen molar-refractivity contribution < 1.29 is 19.7 Å². The molecule has 1 amide bonds. The molecule has 0 radical (unpaired) electrons. The first-order valence-corrected chi connectivity index (χ1v) is 6.34. The van der Waals surface area contributed by atoms with E-state index in [4.69, 9.17) is 4.74 Å². The van der Waals surface area contributed by atoms with E-state index < -0.39 is 0 Å². The zero-order valence-electron chi connectivity index (χ0n) is 11.1. The summed E-state index contributed by atoms with van der Waals surface area (Å²) in [5, 5.41) is 21.7. The van der Waals surface area contributed by atoms with Gasteiger partial charge in [0.05, 0.1) is 11.2 Å². The molecule has 0 spiro atoms. The van der Waals surface area contributed by atoms with Crippen molar-refractivity contribution in [1.29, 1.82) is 0 Å². The van der Waals surface area contributed by atoms with Crippen molar-refractivity contribution in [1.82, 2.24) is 5.32 Å². The number of carbonyl (C=O) groups excluding carboxylic acids is 1. The summed E-state index contributed by atoms with van der Waals surface area (Å²) in [6.07, 6.45) is 1.49. The summed E-state index contributed by atoms with van der Waals surface area (Å²) in [5.74, 6) is -0.620. The molecule has 1 aliphatic heterocycles. The first-order chi connectivity index (χ1) is 8.87. The van der Waals surface area contributed by atoms with Gasteiger partial charge in [-0.05, 0) is 38.8 Å². The second-order valence-electron chi connectivity index (χ2n) is 5.47. The Hall–Kier alpha value is -1.75. The predicted molar refractivity (Wildman–Crippen MR) is 70.3 cm³/mol. The smallest absolute Gasteiger partial charge is 0.255 e. The van der Waals surface area contributed by atoms with Crippen molar-refractivity contribution in [2.24, 2.45) is 0 Å². The molecule has 1 atom stereocenters. The second-order valence-corrected chi connectivity index (χ2v) is 5.47. The Labute approximate surface area is 112 Å². The second kappa shape index (κ2) is 5.09. The molecule has 1 heterocycles. The Morgan fingerprint density at radius 3 is 2.79 bits per heavy atom. The number of rotatable bonds is 2. The van der Waals surface area contributed by atoms with E-state index in [1.54, 1.807) is 0 Å². The van der Waals surface area contributed by atoms with Gasteiger partial charge in [0, 0.05) is 18.7 Å². The van der Waals surface area contributed by atoms with Gasteiger partial charge in [0.1, 0.15) is 11.5 Å². The number of phenols is 2. The number of hydrogen-bond donors (Lipinski definition) is 3. The molecule has 1 unspecified atom stereocenters. The van der Waals surface area contributed by atoms with Crippen LogP contribution in [0.25, 0.3) is 0 Å². The average molecular weight is 265 g/mol. The molecule has 1 aromatic rings. The molecule has 1 saturated heterocycles. The van der Waals surface area contributed by atoms with Gasteiger partial charge < -0.3 is 20.3 Å². The summed E-state index contributed by atoms with van der Waals surface area (Å²) in [6.45, 7) is 4.59. The molecule has 3 N–H and O–H groups in total. The number of benzene rings is 1. The summed E-state index contributed by atoms with van der Waals surface area (Å²) in [4.78, 5) is 12.1. The third kappa shape index (κ3) is 3.38. The summed E-state index contributed by atoms with van der Waals surface area (Å²) in [7, 11) is 0. The molecule has 1 fully saturated rings. The zero-order chi connectivity index (χ0) is 14.0. The molecule has 104 valence electrons. The molecule has 5 nitrogen and oxygen atoms in total. The number of phenolic OH excluding ortho intramolecular Hbond substituents is 2. The fraction of sp³-hybridized carbons (Fsp3) is 0.500. The lowest BCUT2D eigenvalue weighted by atomic mass is 9.93. The SMILES string of the molecule is CC1(C)CC(NC(=O)c2ccc(O)cc2O)CCO1. The van der Waals surface area contributed by atoms with Crippen LogP contribution >= 0.6 is 0 Å². The largest absolute Gasteiger partial charge is 0.508 e. The normalized spacial score (nSPS) is 21.9. The van der Waals surface area contributed by atoms with Crippen molar-refractivity contribution in [3.05, 3.63) is 23.8 Å². The Morgan fingerprint density at radius 2 is 2.16 bits per heavy atom. The molecule has 0 bridgehead atoms. The molecule has 19 heavy (non-hydrogen) atoms. The fourth-order valence-corrected chi connectivity index (χ4v) is 2.33. The summed E-state index contributed by atoms with van der Waals surface area (Å²) < 4.78 is 5.59. The van der Waals surface area contributed by atoms with Gasteiger partial charge in [-0.3, -0.25) is 4.79 Å². The number of nitrogens with one attached hydrogen (secondary N) is 1.